The summed E-state index contributed by atoms with van der Waals surface area (Å²) in [6.45, 7) is 0. The van der Waals surface area contributed by atoms with Crippen LogP contribution in [-0.4, -0.2) is 4.98 Å². The Hall–Kier alpha value is -1.80. The molecular weight excluding hydrogens is 222 g/mol. The predicted molar refractivity (Wildman–Crippen MR) is 64.5 cm³/mol. The molecule has 3 rings (SSSR count). The molecule has 0 unspecified atom stereocenters. The summed E-state index contributed by atoms with van der Waals surface area (Å²) >= 11 is 5.85. The molecule has 0 saturated carbocycles. The molecule has 0 atom stereocenters. The Balaban J connectivity index is 2.14. The van der Waals surface area contributed by atoms with Crippen molar-refractivity contribution in [1.82, 2.24) is 4.98 Å². The monoisotopic (exact) mass is 229 g/mol. The van der Waals surface area contributed by atoms with Gasteiger partial charge in [0, 0.05) is 5.02 Å². The average molecular weight is 230 g/mol. The van der Waals surface area contributed by atoms with Crippen molar-refractivity contribution >= 4 is 22.7 Å². The van der Waals surface area contributed by atoms with E-state index < -0.39 is 0 Å². The van der Waals surface area contributed by atoms with Crippen molar-refractivity contribution in [3.05, 3.63) is 53.9 Å². The van der Waals surface area contributed by atoms with Crippen LogP contribution in [0.4, 0.5) is 0 Å². The topological polar surface area (TPSA) is 26.0 Å². The van der Waals surface area contributed by atoms with Gasteiger partial charge in [-0.2, -0.15) is 0 Å². The SMILES string of the molecule is Clc1ccc(-c2ccc3ocnc3c2)cc1. The van der Waals surface area contributed by atoms with Gasteiger partial charge >= 0.3 is 0 Å². The molecule has 2 aromatic carbocycles. The first-order valence-electron chi connectivity index (χ1n) is 4.92. The maximum absolute atomic E-state index is 5.85. The molecule has 0 aliphatic heterocycles. The zero-order valence-electron chi connectivity index (χ0n) is 8.35. The van der Waals surface area contributed by atoms with Crippen LogP contribution >= 0.6 is 11.6 Å². The van der Waals surface area contributed by atoms with Crippen LogP contribution in [0.1, 0.15) is 0 Å². The fourth-order valence-electron chi connectivity index (χ4n) is 1.68. The van der Waals surface area contributed by atoms with E-state index in [1.54, 1.807) is 0 Å². The summed E-state index contributed by atoms with van der Waals surface area (Å²) < 4.78 is 5.20. The second-order valence-corrected chi connectivity index (χ2v) is 3.98. The molecule has 78 valence electrons. The van der Waals surface area contributed by atoms with E-state index in [4.69, 9.17) is 16.0 Å². The molecule has 1 heterocycles. The number of hydrogen-bond donors (Lipinski definition) is 0. The standard InChI is InChI=1S/C13H8ClNO/c14-11-4-1-9(2-5-11)10-3-6-13-12(7-10)15-8-16-13/h1-8H. The van der Waals surface area contributed by atoms with Gasteiger partial charge in [-0.3, -0.25) is 0 Å². The largest absolute Gasteiger partial charge is 0.443 e. The van der Waals surface area contributed by atoms with Crippen molar-refractivity contribution in [2.75, 3.05) is 0 Å². The van der Waals surface area contributed by atoms with Crippen molar-refractivity contribution in [2.24, 2.45) is 0 Å². The summed E-state index contributed by atoms with van der Waals surface area (Å²) in [7, 11) is 0. The first kappa shape index (κ1) is 9.43. The van der Waals surface area contributed by atoms with Gasteiger partial charge in [0.1, 0.15) is 5.52 Å². The fourth-order valence-corrected chi connectivity index (χ4v) is 1.81. The van der Waals surface area contributed by atoms with E-state index in [2.05, 4.69) is 4.98 Å². The van der Waals surface area contributed by atoms with E-state index in [0.29, 0.717) is 0 Å². The van der Waals surface area contributed by atoms with Crippen molar-refractivity contribution in [2.45, 2.75) is 0 Å². The van der Waals surface area contributed by atoms with E-state index in [0.717, 1.165) is 27.2 Å². The number of nitrogens with zero attached hydrogens (tertiary/aromatic N) is 1. The van der Waals surface area contributed by atoms with Crippen LogP contribution in [0.3, 0.4) is 0 Å². The summed E-state index contributed by atoms with van der Waals surface area (Å²) in [5, 5.41) is 0.742. The lowest BCUT2D eigenvalue weighted by molar-refractivity contribution is 0.602. The third kappa shape index (κ3) is 1.57. The Labute approximate surface area is 97.5 Å². The van der Waals surface area contributed by atoms with Gasteiger partial charge < -0.3 is 4.42 Å². The van der Waals surface area contributed by atoms with Gasteiger partial charge in [0.05, 0.1) is 0 Å². The maximum atomic E-state index is 5.85. The Morgan fingerprint density at radius 1 is 0.938 bits per heavy atom. The van der Waals surface area contributed by atoms with Crippen LogP contribution in [0.25, 0.3) is 22.2 Å². The van der Waals surface area contributed by atoms with Crippen LogP contribution < -0.4 is 0 Å². The second kappa shape index (κ2) is 3.65. The zero-order chi connectivity index (χ0) is 11.0. The molecule has 0 saturated heterocycles. The molecule has 1 aromatic heterocycles. The van der Waals surface area contributed by atoms with Gasteiger partial charge in [-0.1, -0.05) is 29.8 Å². The summed E-state index contributed by atoms with van der Waals surface area (Å²) in [5.41, 5.74) is 3.90. The molecule has 0 aliphatic carbocycles. The van der Waals surface area contributed by atoms with Gasteiger partial charge in [0.15, 0.2) is 12.0 Å². The van der Waals surface area contributed by atoms with Gasteiger partial charge in [0.2, 0.25) is 0 Å². The normalized spacial score (nSPS) is 10.8. The molecule has 0 spiro atoms. The minimum absolute atomic E-state index is 0.742. The number of aromatic nitrogens is 1. The lowest BCUT2D eigenvalue weighted by atomic mass is 10.1. The number of oxazole rings is 1. The number of rotatable bonds is 1. The van der Waals surface area contributed by atoms with Crippen molar-refractivity contribution < 1.29 is 4.42 Å². The molecular formula is C13H8ClNO. The Kier molecular flexibility index (Phi) is 2.15. The highest BCUT2D eigenvalue weighted by molar-refractivity contribution is 6.30. The Morgan fingerprint density at radius 2 is 1.69 bits per heavy atom. The first-order chi connectivity index (χ1) is 7.83. The highest BCUT2D eigenvalue weighted by atomic mass is 35.5. The molecule has 3 heteroatoms. The molecule has 16 heavy (non-hydrogen) atoms. The van der Waals surface area contributed by atoms with E-state index in [1.807, 2.05) is 42.5 Å². The second-order valence-electron chi connectivity index (χ2n) is 3.54. The molecule has 0 N–H and O–H groups in total. The Morgan fingerprint density at radius 3 is 2.50 bits per heavy atom. The van der Waals surface area contributed by atoms with E-state index in [9.17, 15) is 0 Å². The molecule has 2 nitrogen and oxygen atoms in total. The van der Waals surface area contributed by atoms with E-state index >= 15 is 0 Å². The van der Waals surface area contributed by atoms with Gasteiger partial charge in [-0.25, -0.2) is 4.98 Å². The van der Waals surface area contributed by atoms with Crippen molar-refractivity contribution in [3.63, 3.8) is 0 Å². The summed E-state index contributed by atoms with van der Waals surface area (Å²) in [5.74, 6) is 0. The Bertz CT molecular complexity index is 628. The molecule has 0 aliphatic rings. The van der Waals surface area contributed by atoms with Gasteiger partial charge in [-0.05, 0) is 35.4 Å². The molecule has 0 bridgehead atoms. The van der Waals surface area contributed by atoms with E-state index in [1.165, 1.54) is 6.39 Å². The number of halogens is 1. The fraction of sp³-hybridized carbons (Fsp3) is 0. The van der Waals surface area contributed by atoms with Crippen LogP contribution in [0.2, 0.25) is 5.02 Å². The molecule has 0 amide bonds. The lowest BCUT2D eigenvalue weighted by Crippen LogP contribution is -1.77. The maximum Gasteiger partial charge on any atom is 0.181 e. The zero-order valence-corrected chi connectivity index (χ0v) is 9.11. The highest BCUT2D eigenvalue weighted by Crippen LogP contribution is 2.24. The van der Waals surface area contributed by atoms with Crippen LogP contribution in [-0.2, 0) is 0 Å². The predicted octanol–water partition coefficient (Wildman–Crippen LogP) is 4.15. The first-order valence-corrected chi connectivity index (χ1v) is 5.30. The van der Waals surface area contributed by atoms with Crippen molar-refractivity contribution in [1.29, 1.82) is 0 Å². The number of benzene rings is 2. The van der Waals surface area contributed by atoms with Crippen molar-refractivity contribution in [3.8, 4) is 11.1 Å². The third-order valence-electron chi connectivity index (χ3n) is 2.51. The molecule has 3 aromatic rings. The summed E-state index contributed by atoms with van der Waals surface area (Å²) in [6.07, 6.45) is 1.45. The summed E-state index contributed by atoms with van der Waals surface area (Å²) in [4.78, 5) is 4.13. The quantitative estimate of drug-likeness (QED) is 0.627. The minimum Gasteiger partial charge on any atom is -0.443 e. The lowest BCUT2D eigenvalue weighted by Gasteiger charge is -2.00. The third-order valence-corrected chi connectivity index (χ3v) is 2.76. The van der Waals surface area contributed by atoms with Crippen LogP contribution in [0.5, 0.6) is 0 Å². The smallest absolute Gasteiger partial charge is 0.181 e. The number of hydrogen-bond acceptors (Lipinski definition) is 2. The molecule has 0 radical (unpaired) electrons. The minimum atomic E-state index is 0.742. The van der Waals surface area contributed by atoms with Crippen LogP contribution in [0.15, 0.2) is 53.3 Å². The number of fused-ring (bicyclic) bond motifs is 1. The molecule has 0 fully saturated rings. The summed E-state index contributed by atoms with van der Waals surface area (Å²) in [6, 6.07) is 13.7. The van der Waals surface area contributed by atoms with Crippen LogP contribution in [0, 0.1) is 0 Å². The van der Waals surface area contributed by atoms with Gasteiger partial charge in [0.25, 0.3) is 0 Å². The highest BCUT2D eigenvalue weighted by Gasteiger charge is 2.02. The average Bonchev–Trinajstić information content (AvgIpc) is 2.77. The van der Waals surface area contributed by atoms with Gasteiger partial charge in [-0.15, -0.1) is 0 Å². The van der Waals surface area contributed by atoms with E-state index in [-0.39, 0.29) is 0 Å².